The van der Waals surface area contributed by atoms with Gasteiger partial charge in [0, 0.05) is 25.8 Å². The summed E-state index contributed by atoms with van der Waals surface area (Å²) >= 11 is 0. The van der Waals surface area contributed by atoms with Gasteiger partial charge in [-0.05, 0) is 92.3 Å². The lowest BCUT2D eigenvalue weighted by molar-refractivity contribution is -0.187. The summed E-state index contributed by atoms with van der Waals surface area (Å²) in [6.07, 6.45) is 12.8. The van der Waals surface area contributed by atoms with Crippen molar-refractivity contribution < 1.29 is 14.9 Å². The molecule has 4 aliphatic carbocycles. The highest BCUT2D eigenvalue weighted by molar-refractivity contribution is 5.22. The lowest BCUT2D eigenvalue weighted by Crippen LogP contribution is -2.59. The van der Waals surface area contributed by atoms with E-state index in [1.54, 1.807) is 19.5 Å². The van der Waals surface area contributed by atoms with Crippen molar-refractivity contribution in [3.63, 3.8) is 0 Å². The minimum atomic E-state index is -0.704. The van der Waals surface area contributed by atoms with Crippen LogP contribution < -0.4 is 0 Å². The van der Waals surface area contributed by atoms with E-state index in [2.05, 4.69) is 31.9 Å². The fourth-order valence-electron chi connectivity index (χ4n) is 9.54. The van der Waals surface area contributed by atoms with Crippen molar-refractivity contribution in [3.05, 3.63) is 18.0 Å². The average Bonchev–Trinajstić information content (AvgIpc) is 3.37. The van der Waals surface area contributed by atoms with Crippen molar-refractivity contribution in [3.8, 4) is 6.07 Å². The molecular weight excluding hydrogens is 426 g/mol. The van der Waals surface area contributed by atoms with Gasteiger partial charge in [-0.2, -0.15) is 10.4 Å². The summed E-state index contributed by atoms with van der Waals surface area (Å²) in [5.74, 6) is 2.57. The minimum Gasteiger partial charge on any atom is -0.389 e. The van der Waals surface area contributed by atoms with Gasteiger partial charge in [-0.25, -0.2) is 0 Å². The van der Waals surface area contributed by atoms with Crippen LogP contribution in [0.25, 0.3) is 0 Å². The number of aromatic nitrogens is 2. The van der Waals surface area contributed by atoms with Crippen molar-refractivity contribution in [1.82, 2.24) is 9.78 Å². The molecule has 0 aliphatic heterocycles. The van der Waals surface area contributed by atoms with Gasteiger partial charge >= 0.3 is 0 Å². The molecule has 6 nitrogen and oxygen atoms in total. The molecule has 5 rings (SSSR count). The second kappa shape index (κ2) is 8.32. The number of rotatable bonds is 5. The zero-order chi connectivity index (χ0) is 24.4. The number of ether oxygens (including phenoxy) is 1. The lowest BCUT2D eigenvalue weighted by Gasteiger charge is -2.63. The first-order chi connectivity index (χ1) is 16.1. The third kappa shape index (κ3) is 3.49. The Morgan fingerprint density at radius 3 is 2.62 bits per heavy atom. The van der Waals surface area contributed by atoms with Gasteiger partial charge in [0.1, 0.15) is 6.07 Å². The van der Waals surface area contributed by atoms with Crippen LogP contribution in [0.3, 0.4) is 0 Å². The van der Waals surface area contributed by atoms with E-state index in [-0.39, 0.29) is 11.3 Å². The standard InChI is InChI=1S/C28H43N3O3/c1-19(16-31-17-20(14-29)15-30-31)28(33)10-8-24-22-6-5-21-13-27(32,18-34-4)12-11-25(21,2)23(22)7-9-26(24,28)3/h15,17,19,21-24,32-33H,5-13,16,18H2,1-4H3/t19?,21-,22-,23+,24+,25+,26+,27-,28+/m1/s1. The Kier molecular flexibility index (Phi) is 5.94. The first-order valence-electron chi connectivity index (χ1n) is 13.4. The maximum atomic E-state index is 12.2. The van der Waals surface area contributed by atoms with E-state index in [1.165, 1.54) is 19.3 Å². The van der Waals surface area contributed by atoms with E-state index >= 15 is 0 Å². The Labute approximate surface area is 204 Å². The SMILES string of the molecule is COC[C@@]1(O)CC[C@@]2(C)[C@H](CC[C@@H]3[C@@H]2CC[C@@]2(C)[C@H]3CC[C@]2(O)C(C)Cn2cc(C#N)cn2)C1. The Balaban J connectivity index is 1.35. The van der Waals surface area contributed by atoms with Gasteiger partial charge in [0.05, 0.1) is 29.6 Å². The van der Waals surface area contributed by atoms with Gasteiger partial charge in [0.2, 0.25) is 0 Å². The number of hydrogen-bond acceptors (Lipinski definition) is 5. The van der Waals surface area contributed by atoms with Gasteiger partial charge in [0.25, 0.3) is 0 Å². The summed E-state index contributed by atoms with van der Waals surface area (Å²) in [4.78, 5) is 0. The predicted octanol–water partition coefficient (Wildman–Crippen LogP) is 4.54. The van der Waals surface area contributed by atoms with Crippen LogP contribution >= 0.6 is 0 Å². The fraction of sp³-hybridized carbons (Fsp3) is 0.857. The highest BCUT2D eigenvalue weighted by Crippen LogP contribution is 2.69. The van der Waals surface area contributed by atoms with Gasteiger partial charge < -0.3 is 14.9 Å². The fourth-order valence-corrected chi connectivity index (χ4v) is 9.54. The molecule has 6 heteroatoms. The second-order valence-electron chi connectivity index (χ2n) is 12.9. The zero-order valence-corrected chi connectivity index (χ0v) is 21.5. The molecule has 4 saturated carbocycles. The van der Waals surface area contributed by atoms with Crippen molar-refractivity contribution >= 4 is 0 Å². The smallest absolute Gasteiger partial charge is 0.102 e. The number of aliphatic hydroxyl groups is 2. The Morgan fingerprint density at radius 2 is 1.91 bits per heavy atom. The molecular formula is C28H43N3O3. The van der Waals surface area contributed by atoms with Gasteiger partial charge in [-0.1, -0.05) is 20.8 Å². The second-order valence-corrected chi connectivity index (χ2v) is 12.9. The highest BCUT2D eigenvalue weighted by atomic mass is 16.5. The molecule has 1 aromatic heterocycles. The highest BCUT2D eigenvalue weighted by Gasteiger charge is 2.66. The largest absolute Gasteiger partial charge is 0.389 e. The summed E-state index contributed by atoms with van der Waals surface area (Å²) in [5, 5.41) is 36.8. The zero-order valence-electron chi connectivity index (χ0n) is 21.5. The third-order valence-corrected chi connectivity index (χ3v) is 11.5. The number of hydrogen-bond donors (Lipinski definition) is 2. The molecule has 9 atom stereocenters. The molecule has 1 heterocycles. The van der Waals surface area contributed by atoms with Crippen LogP contribution in [-0.4, -0.2) is 44.9 Å². The first kappa shape index (κ1) is 24.3. The first-order valence-corrected chi connectivity index (χ1v) is 13.4. The number of nitriles is 1. The van der Waals surface area contributed by atoms with Crippen LogP contribution in [0, 0.1) is 51.8 Å². The molecule has 188 valence electrons. The van der Waals surface area contributed by atoms with Crippen LogP contribution in [0.2, 0.25) is 0 Å². The molecule has 4 fully saturated rings. The molecule has 2 N–H and O–H groups in total. The minimum absolute atomic E-state index is 0.0759. The summed E-state index contributed by atoms with van der Waals surface area (Å²) in [6, 6.07) is 2.15. The van der Waals surface area contributed by atoms with Gasteiger partial charge in [-0.3, -0.25) is 4.68 Å². The van der Waals surface area contributed by atoms with E-state index in [4.69, 9.17) is 10.00 Å². The normalized spacial score (nSPS) is 46.7. The maximum Gasteiger partial charge on any atom is 0.102 e. The maximum absolute atomic E-state index is 12.2. The van der Waals surface area contributed by atoms with Crippen molar-refractivity contribution in [2.45, 2.75) is 96.3 Å². The van der Waals surface area contributed by atoms with Crippen molar-refractivity contribution in [2.24, 2.45) is 40.4 Å². The molecule has 0 radical (unpaired) electrons. The molecule has 0 saturated heterocycles. The van der Waals surface area contributed by atoms with E-state index in [0.29, 0.717) is 47.8 Å². The van der Waals surface area contributed by atoms with Gasteiger partial charge in [0.15, 0.2) is 0 Å². The van der Waals surface area contributed by atoms with Crippen LogP contribution in [-0.2, 0) is 11.3 Å². The topological polar surface area (TPSA) is 91.3 Å². The quantitative estimate of drug-likeness (QED) is 0.660. The average molecular weight is 470 g/mol. The van der Waals surface area contributed by atoms with Gasteiger partial charge in [-0.15, -0.1) is 0 Å². The molecule has 0 bridgehead atoms. The molecule has 1 aromatic rings. The molecule has 34 heavy (non-hydrogen) atoms. The summed E-state index contributed by atoms with van der Waals surface area (Å²) < 4.78 is 7.20. The summed E-state index contributed by atoms with van der Waals surface area (Å²) in [7, 11) is 1.70. The molecule has 0 aromatic carbocycles. The number of nitrogens with zero attached hydrogens (tertiary/aromatic N) is 3. The van der Waals surface area contributed by atoms with E-state index in [0.717, 1.165) is 38.5 Å². The Hall–Kier alpha value is -1.42. The Bertz CT molecular complexity index is 957. The Morgan fingerprint density at radius 1 is 1.15 bits per heavy atom. The van der Waals surface area contributed by atoms with Crippen LogP contribution in [0.1, 0.15) is 84.1 Å². The van der Waals surface area contributed by atoms with E-state index < -0.39 is 11.2 Å². The van der Waals surface area contributed by atoms with Crippen LogP contribution in [0.15, 0.2) is 12.4 Å². The molecule has 4 aliphatic rings. The monoisotopic (exact) mass is 469 g/mol. The number of fused-ring (bicyclic) bond motifs is 5. The van der Waals surface area contributed by atoms with Crippen LogP contribution in [0.5, 0.6) is 0 Å². The molecule has 1 unspecified atom stereocenters. The molecule has 0 spiro atoms. The predicted molar refractivity (Wildman–Crippen MR) is 130 cm³/mol. The van der Waals surface area contributed by atoms with E-state index in [1.807, 2.05) is 4.68 Å². The summed E-state index contributed by atoms with van der Waals surface area (Å²) in [5.41, 5.74) is -0.572. The van der Waals surface area contributed by atoms with E-state index in [9.17, 15) is 10.2 Å². The number of methoxy groups -OCH3 is 1. The lowest BCUT2D eigenvalue weighted by atomic mass is 9.43. The molecule has 0 amide bonds. The van der Waals surface area contributed by atoms with Crippen LogP contribution in [0.4, 0.5) is 0 Å². The van der Waals surface area contributed by atoms with Crippen molar-refractivity contribution in [2.75, 3.05) is 13.7 Å². The third-order valence-electron chi connectivity index (χ3n) is 11.5. The van der Waals surface area contributed by atoms with Crippen molar-refractivity contribution in [1.29, 1.82) is 5.26 Å². The summed E-state index contributed by atoms with van der Waals surface area (Å²) in [6.45, 7) is 8.15.